The molecule has 130 valence electrons. The highest BCUT2D eigenvalue weighted by molar-refractivity contribution is 6.74. The van der Waals surface area contributed by atoms with E-state index in [-0.39, 0.29) is 10.6 Å². The molecule has 2 aromatic rings. The van der Waals surface area contributed by atoms with Crippen LogP contribution in [0.2, 0.25) is 28.2 Å². The molecule has 2 rings (SSSR count). The Morgan fingerprint density at radius 2 is 1.62 bits per heavy atom. The standard InChI is InChI=1S/C18H23Cl2NO2Si/c1-18(2,3)24(4,5)23-11-12-6-16(21-17(22)7-12)13-8-14(19)10-15(20)9-13/h6-10H,11H2,1-5H3,(H,21,22). The lowest BCUT2D eigenvalue weighted by atomic mass is 10.1. The van der Waals surface area contributed by atoms with E-state index in [9.17, 15) is 4.79 Å². The van der Waals surface area contributed by atoms with Crippen molar-refractivity contribution in [1.29, 1.82) is 0 Å². The molecule has 0 fully saturated rings. The summed E-state index contributed by atoms with van der Waals surface area (Å²) in [5.41, 5.74) is 2.13. The number of rotatable bonds is 4. The lowest BCUT2D eigenvalue weighted by Gasteiger charge is -2.36. The third-order valence-electron chi connectivity index (χ3n) is 4.48. The second-order valence-electron chi connectivity index (χ2n) is 7.47. The highest BCUT2D eigenvalue weighted by Crippen LogP contribution is 2.37. The predicted molar refractivity (Wildman–Crippen MR) is 105 cm³/mol. The Kier molecular flexibility index (Phi) is 5.65. The zero-order valence-electron chi connectivity index (χ0n) is 14.7. The maximum absolute atomic E-state index is 12.0. The third kappa shape index (κ3) is 4.73. The van der Waals surface area contributed by atoms with Crippen LogP contribution in [0.25, 0.3) is 11.3 Å². The Balaban J connectivity index is 2.31. The minimum Gasteiger partial charge on any atom is -0.413 e. The molecule has 0 saturated carbocycles. The highest BCUT2D eigenvalue weighted by atomic mass is 35.5. The Morgan fingerprint density at radius 1 is 1.04 bits per heavy atom. The van der Waals surface area contributed by atoms with Crippen molar-refractivity contribution in [3.05, 3.63) is 56.3 Å². The van der Waals surface area contributed by atoms with Crippen molar-refractivity contribution in [3.63, 3.8) is 0 Å². The van der Waals surface area contributed by atoms with Crippen LogP contribution in [0.1, 0.15) is 26.3 Å². The minimum atomic E-state index is -1.87. The molecule has 0 saturated heterocycles. The van der Waals surface area contributed by atoms with Crippen LogP contribution in [0.3, 0.4) is 0 Å². The summed E-state index contributed by atoms with van der Waals surface area (Å²) >= 11 is 12.1. The van der Waals surface area contributed by atoms with Gasteiger partial charge in [-0.1, -0.05) is 44.0 Å². The van der Waals surface area contributed by atoms with E-state index >= 15 is 0 Å². The minimum absolute atomic E-state index is 0.123. The summed E-state index contributed by atoms with van der Waals surface area (Å²) in [6.07, 6.45) is 0. The number of H-pyrrole nitrogens is 1. The molecule has 1 aromatic heterocycles. The summed E-state index contributed by atoms with van der Waals surface area (Å²) in [5.74, 6) is 0. The number of aromatic nitrogens is 1. The zero-order valence-corrected chi connectivity index (χ0v) is 17.2. The molecule has 0 radical (unpaired) electrons. The van der Waals surface area contributed by atoms with Crippen LogP contribution in [0.15, 0.2) is 35.1 Å². The number of aromatic amines is 1. The van der Waals surface area contributed by atoms with Gasteiger partial charge in [0.1, 0.15) is 0 Å². The second-order valence-corrected chi connectivity index (χ2v) is 13.2. The van der Waals surface area contributed by atoms with Crippen LogP contribution < -0.4 is 5.56 Å². The van der Waals surface area contributed by atoms with E-state index in [1.54, 1.807) is 24.3 Å². The summed E-state index contributed by atoms with van der Waals surface area (Å²) < 4.78 is 6.21. The van der Waals surface area contributed by atoms with E-state index in [1.807, 2.05) is 6.07 Å². The topological polar surface area (TPSA) is 42.1 Å². The molecule has 0 aliphatic rings. The molecule has 0 bridgehead atoms. The molecule has 0 unspecified atom stereocenters. The van der Waals surface area contributed by atoms with Gasteiger partial charge >= 0.3 is 0 Å². The molecular formula is C18H23Cl2NO2Si. The normalized spacial score (nSPS) is 12.5. The van der Waals surface area contributed by atoms with Crippen LogP contribution in [-0.4, -0.2) is 13.3 Å². The van der Waals surface area contributed by atoms with Gasteiger partial charge in [0.2, 0.25) is 5.56 Å². The fourth-order valence-corrected chi connectivity index (χ4v) is 3.52. The molecule has 0 atom stereocenters. The number of hydrogen-bond acceptors (Lipinski definition) is 2. The predicted octanol–water partition coefficient (Wildman–Crippen LogP) is 5.87. The maximum Gasteiger partial charge on any atom is 0.248 e. The summed E-state index contributed by atoms with van der Waals surface area (Å²) in [7, 11) is -1.87. The van der Waals surface area contributed by atoms with E-state index in [1.165, 1.54) is 0 Å². The first-order valence-electron chi connectivity index (χ1n) is 7.82. The first-order valence-corrected chi connectivity index (χ1v) is 11.5. The smallest absolute Gasteiger partial charge is 0.248 e. The van der Waals surface area contributed by atoms with E-state index in [0.717, 1.165) is 11.1 Å². The summed E-state index contributed by atoms with van der Waals surface area (Å²) in [5, 5.41) is 1.18. The molecule has 3 nitrogen and oxygen atoms in total. The molecule has 0 amide bonds. The van der Waals surface area contributed by atoms with Crippen LogP contribution in [0.5, 0.6) is 0 Å². The molecule has 1 N–H and O–H groups in total. The highest BCUT2D eigenvalue weighted by Gasteiger charge is 2.37. The average Bonchev–Trinajstić information content (AvgIpc) is 2.42. The fourth-order valence-electron chi connectivity index (χ4n) is 2.03. The molecule has 24 heavy (non-hydrogen) atoms. The molecule has 0 spiro atoms. The van der Waals surface area contributed by atoms with Gasteiger partial charge in [-0.15, -0.1) is 0 Å². The molecule has 1 aromatic carbocycles. The fraction of sp³-hybridized carbons (Fsp3) is 0.389. The number of nitrogens with one attached hydrogen (secondary N) is 1. The Hall–Kier alpha value is -1.07. The van der Waals surface area contributed by atoms with Crippen molar-refractivity contribution in [3.8, 4) is 11.3 Å². The lowest BCUT2D eigenvalue weighted by Crippen LogP contribution is -2.40. The van der Waals surface area contributed by atoms with Crippen LogP contribution in [0.4, 0.5) is 0 Å². The molecule has 0 aliphatic carbocycles. The van der Waals surface area contributed by atoms with E-state index in [2.05, 4.69) is 38.8 Å². The number of hydrogen-bond donors (Lipinski definition) is 1. The van der Waals surface area contributed by atoms with Crippen molar-refractivity contribution in [2.24, 2.45) is 0 Å². The van der Waals surface area contributed by atoms with Crippen LogP contribution in [0, 0.1) is 0 Å². The van der Waals surface area contributed by atoms with Crippen molar-refractivity contribution in [1.82, 2.24) is 4.98 Å². The van der Waals surface area contributed by atoms with Gasteiger partial charge in [-0.2, -0.15) is 0 Å². The Labute approximate surface area is 154 Å². The van der Waals surface area contributed by atoms with E-state index in [4.69, 9.17) is 27.6 Å². The van der Waals surface area contributed by atoms with Gasteiger partial charge < -0.3 is 9.41 Å². The monoisotopic (exact) mass is 383 g/mol. The molecule has 1 heterocycles. The SMILES string of the molecule is CC(C)(C)[Si](C)(C)OCc1cc(-c2cc(Cl)cc(Cl)c2)[nH]c(=O)c1. The zero-order chi connectivity index (χ0) is 18.1. The Bertz CT molecular complexity index is 774. The quantitative estimate of drug-likeness (QED) is 0.670. The van der Waals surface area contributed by atoms with Gasteiger partial charge in [-0.3, -0.25) is 4.79 Å². The summed E-state index contributed by atoms with van der Waals surface area (Å²) in [6, 6.07) is 8.70. The first kappa shape index (κ1) is 19.3. The van der Waals surface area contributed by atoms with Crippen LogP contribution >= 0.6 is 23.2 Å². The van der Waals surface area contributed by atoms with Crippen molar-refractivity contribution in [2.45, 2.75) is 45.5 Å². The van der Waals surface area contributed by atoms with E-state index in [0.29, 0.717) is 22.3 Å². The van der Waals surface area contributed by atoms with Gasteiger partial charge in [0.05, 0.1) is 6.61 Å². The molecule has 6 heteroatoms. The lowest BCUT2D eigenvalue weighted by molar-refractivity contribution is 0.276. The average molecular weight is 384 g/mol. The maximum atomic E-state index is 12.0. The van der Waals surface area contributed by atoms with Crippen molar-refractivity contribution in [2.75, 3.05) is 0 Å². The van der Waals surface area contributed by atoms with Crippen LogP contribution in [-0.2, 0) is 11.0 Å². The van der Waals surface area contributed by atoms with Crippen molar-refractivity contribution < 1.29 is 4.43 Å². The first-order chi connectivity index (χ1) is 11.0. The van der Waals surface area contributed by atoms with Gasteiger partial charge in [0, 0.05) is 27.4 Å². The molecule has 0 aliphatic heterocycles. The molecular weight excluding hydrogens is 361 g/mol. The van der Waals surface area contributed by atoms with Crippen molar-refractivity contribution >= 4 is 31.5 Å². The van der Waals surface area contributed by atoms with Gasteiger partial charge in [0.15, 0.2) is 8.32 Å². The second kappa shape index (κ2) is 7.04. The summed E-state index contributed by atoms with van der Waals surface area (Å²) in [4.78, 5) is 14.8. The number of pyridine rings is 1. The number of halogens is 2. The summed E-state index contributed by atoms with van der Waals surface area (Å²) in [6.45, 7) is 11.4. The largest absolute Gasteiger partial charge is 0.413 e. The van der Waals surface area contributed by atoms with Gasteiger partial charge in [0.25, 0.3) is 0 Å². The van der Waals surface area contributed by atoms with Gasteiger partial charge in [-0.05, 0) is 48.0 Å². The number of benzene rings is 1. The van der Waals surface area contributed by atoms with E-state index < -0.39 is 8.32 Å². The van der Waals surface area contributed by atoms with Gasteiger partial charge in [-0.25, -0.2) is 0 Å². The Morgan fingerprint density at radius 3 is 2.17 bits per heavy atom. The third-order valence-corrected chi connectivity index (χ3v) is 9.40.